The average Bonchev–Trinajstić information content (AvgIpc) is 2.37. The molecule has 0 unspecified atom stereocenters. The summed E-state index contributed by atoms with van der Waals surface area (Å²) in [6.45, 7) is 5.19. The lowest BCUT2D eigenvalue weighted by atomic mass is 9.78. The maximum atomic E-state index is 11.1. The molecule has 5 nitrogen and oxygen atoms in total. The molecule has 1 aliphatic heterocycles. The standard InChI is InChI=1S/C15H20O5/c1-15(2,8-12(16)17)13-10(9-18-3)4-5-11-14(13)20-7-6-19-11/h4-5H,6-9H2,1-3H3,(H,16,17). The Kier molecular flexibility index (Phi) is 4.18. The predicted octanol–water partition coefficient (Wildman–Crippen LogP) is 2.36. The minimum absolute atomic E-state index is 0.0174. The average molecular weight is 280 g/mol. The van der Waals surface area contributed by atoms with Gasteiger partial charge in [0.2, 0.25) is 0 Å². The molecule has 2 rings (SSSR count). The van der Waals surface area contributed by atoms with Crippen LogP contribution in [0, 0.1) is 0 Å². The van der Waals surface area contributed by atoms with Crippen LogP contribution in [0.25, 0.3) is 0 Å². The van der Waals surface area contributed by atoms with Gasteiger partial charge in [-0.05, 0) is 11.6 Å². The highest BCUT2D eigenvalue weighted by atomic mass is 16.6. The molecule has 0 aliphatic carbocycles. The monoisotopic (exact) mass is 280 g/mol. The molecule has 1 aromatic rings. The van der Waals surface area contributed by atoms with Crippen LogP contribution in [-0.4, -0.2) is 31.4 Å². The maximum absolute atomic E-state index is 11.1. The van der Waals surface area contributed by atoms with E-state index in [-0.39, 0.29) is 6.42 Å². The first-order valence-corrected chi connectivity index (χ1v) is 6.58. The Morgan fingerprint density at radius 2 is 2.05 bits per heavy atom. The van der Waals surface area contributed by atoms with Gasteiger partial charge in [0, 0.05) is 18.1 Å². The number of fused-ring (bicyclic) bond motifs is 1. The first-order chi connectivity index (χ1) is 9.45. The number of carboxylic acid groups (broad SMARTS) is 1. The second-order valence-corrected chi connectivity index (χ2v) is 5.51. The van der Waals surface area contributed by atoms with Crippen LogP contribution in [0.4, 0.5) is 0 Å². The molecule has 0 saturated carbocycles. The molecule has 0 radical (unpaired) electrons. The summed E-state index contributed by atoms with van der Waals surface area (Å²) in [5.41, 5.74) is 1.23. The second-order valence-electron chi connectivity index (χ2n) is 5.51. The zero-order valence-corrected chi connectivity index (χ0v) is 12.1. The van der Waals surface area contributed by atoms with Gasteiger partial charge < -0.3 is 19.3 Å². The quantitative estimate of drug-likeness (QED) is 0.897. The molecule has 0 atom stereocenters. The van der Waals surface area contributed by atoms with E-state index >= 15 is 0 Å². The highest BCUT2D eigenvalue weighted by Gasteiger charge is 2.33. The van der Waals surface area contributed by atoms with E-state index in [1.807, 2.05) is 26.0 Å². The molecule has 0 saturated heterocycles. The molecule has 0 bridgehead atoms. The van der Waals surface area contributed by atoms with Crippen molar-refractivity contribution in [3.8, 4) is 11.5 Å². The molecule has 1 aromatic carbocycles. The molecule has 0 aromatic heterocycles. The number of rotatable bonds is 5. The third-order valence-corrected chi connectivity index (χ3v) is 3.36. The van der Waals surface area contributed by atoms with Crippen molar-refractivity contribution in [1.29, 1.82) is 0 Å². The molecule has 0 amide bonds. The van der Waals surface area contributed by atoms with E-state index in [9.17, 15) is 4.79 Å². The van der Waals surface area contributed by atoms with Crippen LogP contribution in [0.15, 0.2) is 12.1 Å². The van der Waals surface area contributed by atoms with Crippen LogP contribution < -0.4 is 9.47 Å². The molecule has 1 aliphatic rings. The summed E-state index contributed by atoms with van der Waals surface area (Å²) in [7, 11) is 1.62. The Balaban J connectivity index is 2.54. The molecule has 0 fully saturated rings. The van der Waals surface area contributed by atoms with E-state index in [2.05, 4.69) is 0 Å². The van der Waals surface area contributed by atoms with E-state index in [0.29, 0.717) is 31.3 Å². The summed E-state index contributed by atoms with van der Waals surface area (Å²) < 4.78 is 16.5. The lowest BCUT2D eigenvalue weighted by Crippen LogP contribution is -2.27. The first kappa shape index (κ1) is 14.7. The molecule has 20 heavy (non-hydrogen) atoms. The fraction of sp³-hybridized carbons (Fsp3) is 0.533. The molecule has 1 heterocycles. The van der Waals surface area contributed by atoms with Crippen molar-refractivity contribution in [3.05, 3.63) is 23.3 Å². The minimum Gasteiger partial charge on any atom is -0.486 e. The number of carbonyl (C=O) groups is 1. The van der Waals surface area contributed by atoms with Gasteiger partial charge in [0.25, 0.3) is 0 Å². The zero-order valence-electron chi connectivity index (χ0n) is 12.1. The van der Waals surface area contributed by atoms with Crippen LogP contribution >= 0.6 is 0 Å². The summed E-state index contributed by atoms with van der Waals surface area (Å²) in [6.07, 6.45) is 0.0174. The summed E-state index contributed by atoms with van der Waals surface area (Å²) in [6, 6.07) is 3.76. The Labute approximate surface area is 118 Å². The molecule has 0 spiro atoms. The van der Waals surface area contributed by atoms with Crippen molar-refractivity contribution in [2.24, 2.45) is 0 Å². The van der Waals surface area contributed by atoms with Gasteiger partial charge in [-0.2, -0.15) is 0 Å². The topological polar surface area (TPSA) is 65.0 Å². The molecule has 110 valence electrons. The van der Waals surface area contributed by atoms with E-state index in [0.717, 1.165) is 11.1 Å². The van der Waals surface area contributed by atoms with Crippen molar-refractivity contribution in [2.75, 3.05) is 20.3 Å². The summed E-state index contributed by atoms with van der Waals surface area (Å²) >= 11 is 0. The Hall–Kier alpha value is -1.75. The lowest BCUT2D eigenvalue weighted by Gasteiger charge is -2.31. The first-order valence-electron chi connectivity index (χ1n) is 6.58. The van der Waals surface area contributed by atoms with Gasteiger partial charge in [0.05, 0.1) is 13.0 Å². The van der Waals surface area contributed by atoms with Gasteiger partial charge in [-0.25, -0.2) is 0 Å². The third-order valence-electron chi connectivity index (χ3n) is 3.36. The van der Waals surface area contributed by atoms with Crippen molar-refractivity contribution in [3.63, 3.8) is 0 Å². The van der Waals surface area contributed by atoms with Gasteiger partial charge in [-0.15, -0.1) is 0 Å². The Morgan fingerprint density at radius 1 is 1.35 bits per heavy atom. The summed E-state index contributed by atoms with van der Waals surface area (Å²) in [5.74, 6) is 0.481. The van der Waals surface area contributed by atoms with Gasteiger partial charge >= 0.3 is 5.97 Å². The largest absolute Gasteiger partial charge is 0.486 e. The molecule has 1 N–H and O–H groups in total. The van der Waals surface area contributed by atoms with Crippen molar-refractivity contribution < 1.29 is 24.1 Å². The minimum atomic E-state index is -0.840. The third kappa shape index (κ3) is 2.88. The number of hydrogen-bond acceptors (Lipinski definition) is 4. The fourth-order valence-electron chi connectivity index (χ4n) is 2.64. The van der Waals surface area contributed by atoms with Gasteiger partial charge in [0.15, 0.2) is 11.5 Å². The number of methoxy groups -OCH3 is 1. The Morgan fingerprint density at radius 3 is 2.70 bits per heavy atom. The highest BCUT2D eigenvalue weighted by Crippen LogP contribution is 2.44. The van der Waals surface area contributed by atoms with Gasteiger partial charge in [-0.1, -0.05) is 19.9 Å². The van der Waals surface area contributed by atoms with E-state index in [1.165, 1.54) is 0 Å². The lowest BCUT2D eigenvalue weighted by molar-refractivity contribution is -0.138. The van der Waals surface area contributed by atoms with Crippen LogP contribution in [0.1, 0.15) is 31.4 Å². The summed E-state index contributed by atoms with van der Waals surface area (Å²) in [5, 5.41) is 9.13. The van der Waals surface area contributed by atoms with E-state index in [1.54, 1.807) is 7.11 Å². The zero-order chi connectivity index (χ0) is 14.8. The van der Waals surface area contributed by atoms with E-state index in [4.69, 9.17) is 19.3 Å². The van der Waals surface area contributed by atoms with Crippen LogP contribution in [0.5, 0.6) is 11.5 Å². The number of benzene rings is 1. The molecular weight excluding hydrogens is 260 g/mol. The van der Waals surface area contributed by atoms with Gasteiger partial charge in [0.1, 0.15) is 13.2 Å². The van der Waals surface area contributed by atoms with E-state index < -0.39 is 11.4 Å². The van der Waals surface area contributed by atoms with Crippen molar-refractivity contribution >= 4 is 5.97 Å². The SMILES string of the molecule is COCc1ccc2c(c1C(C)(C)CC(=O)O)OCCO2. The number of aliphatic carboxylic acids is 1. The smallest absolute Gasteiger partial charge is 0.304 e. The number of carboxylic acids is 1. The predicted molar refractivity (Wildman–Crippen MR) is 73.4 cm³/mol. The van der Waals surface area contributed by atoms with Crippen molar-refractivity contribution in [2.45, 2.75) is 32.3 Å². The van der Waals surface area contributed by atoms with Crippen LogP contribution in [0.2, 0.25) is 0 Å². The van der Waals surface area contributed by atoms with Gasteiger partial charge in [-0.3, -0.25) is 4.79 Å². The normalized spacial score (nSPS) is 14.2. The Bertz CT molecular complexity index is 507. The number of ether oxygens (including phenoxy) is 3. The number of hydrogen-bond donors (Lipinski definition) is 1. The summed E-state index contributed by atoms with van der Waals surface area (Å²) in [4.78, 5) is 11.1. The second kappa shape index (κ2) is 5.71. The highest BCUT2D eigenvalue weighted by molar-refractivity contribution is 5.70. The fourth-order valence-corrected chi connectivity index (χ4v) is 2.64. The van der Waals surface area contributed by atoms with Crippen molar-refractivity contribution in [1.82, 2.24) is 0 Å². The maximum Gasteiger partial charge on any atom is 0.304 e. The van der Waals surface area contributed by atoms with Crippen LogP contribution in [0.3, 0.4) is 0 Å². The molecular formula is C15H20O5. The molecule has 5 heteroatoms. The van der Waals surface area contributed by atoms with Crippen LogP contribution in [-0.2, 0) is 21.6 Å².